The van der Waals surface area contributed by atoms with Gasteiger partial charge in [0.25, 0.3) is 5.91 Å². The zero-order valence-electron chi connectivity index (χ0n) is 14.4. The van der Waals surface area contributed by atoms with Crippen LogP contribution < -0.4 is 11.1 Å². The van der Waals surface area contributed by atoms with Gasteiger partial charge < -0.3 is 11.1 Å². The van der Waals surface area contributed by atoms with E-state index in [1.165, 1.54) is 49.1 Å². The maximum atomic E-state index is 12.5. The normalized spacial score (nSPS) is 10.4. The topological polar surface area (TPSA) is 98.0 Å². The third kappa shape index (κ3) is 6.20. The van der Waals surface area contributed by atoms with Crippen molar-refractivity contribution in [2.24, 2.45) is 5.73 Å². The Morgan fingerprint density at radius 3 is 1.86 bits per heavy atom. The van der Waals surface area contributed by atoms with Crippen LogP contribution in [0.25, 0.3) is 0 Å². The first kappa shape index (κ1) is 20.6. The Kier molecular flexibility index (Phi) is 6.80. The second kappa shape index (κ2) is 9.26. The van der Waals surface area contributed by atoms with E-state index in [-0.39, 0.29) is 5.69 Å². The van der Waals surface area contributed by atoms with Crippen LogP contribution in [-0.2, 0) is 6.18 Å². The number of alkyl halides is 3. The van der Waals surface area contributed by atoms with Gasteiger partial charge in [0, 0.05) is 41.6 Å². The molecule has 144 valence electrons. The van der Waals surface area contributed by atoms with Gasteiger partial charge in [-0.2, -0.15) is 13.2 Å². The molecular formula is C19H15F3N4O2. The second-order valence-corrected chi connectivity index (χ2v) is 5.37. The molecule has 3 N–H and O–H groups in total. The molecular weight excluding hydrogens is 373 g/mol. The van der Waals surface area contributed by atoms with Crippen molar-refractivity contribution >= 4 is 17.5 Å². The SMILES string of the molecule is NC(=O)c1ccncc1.O=C(Nc1cccc(C(F)(F)F)c1)c1ccncc1. The molecule has 6 nitrogen and oxygen atoms in total. The maximum Gasteiger partial charge on any atom is 0.416 e. The first-order chi connectivity index (χ1) is 13.3. The van der Waals surface area contributed by atoms with E-state index in [9.17, 15) is 22.8 Å². The summed E-state index contributed by atoms with van der Waals surface area (Å²) in [4.78, 5) is 29.6. The summed E-state index contributed by atoms with van der Waals surface area (Å²) < 4.78 is 37.5. The van der Waals surface area contributed by atoms with Gasteiger partial charge in [0.05, 0.1) is 5.56 Å². The van der Waals surface area contributed by atoms with Gasteiger partial charge in [-0.1, -0.05) is 6.07 Å². The number of halogens is 3. The molecule has 0 fully saturated rings. The monoisotopic (exact) mass is 388 g/mol. The number of benzene rings is 1. The van der Waals surface area contributed by atoms with Crippen LogP contribution in [0.3, 0.4) is 0 Å². The zero-order valence-corrected chi connectivity index (χ0v) is 14.4. The minimum Gasteiger partial charge on any atom is -0.366 e. The Morgan fingerprint density at radius 2 is 1.39 bits per heavy atom. The Bertz CT molecular complexity index is 933. The third-order valence-electron chi connectivity index (χ3n) is 3.36. The van der Waals surface area contributed by atoms with E-state index in [0.29, 0.717) is 11.1 Å². The predicted octanol–water partition coefficient (Wildman–Crippen LogP) is 3.53. The van der Waals surface area contributed by atoms with Crippen LogP contribution in [-0.4, -0.2) is 21.8 Å². The number of nitrogens with two attached hydrogens (primary N) is 1. The number of amides is 2. The summed E-state index contributed by atoms with van der Waals surface area (Å²) in [6.07, 6.45) is 1.49. The number of primary amides is 1. The van der Waals surface area contributed by atoms with E-state index in [1.807, 2.05) is 0 Å². The summed E-state index contributed by atoms with van der Waals surface area (Å²) in [5.41, 5.74) is 5.05. The highest BCUT2D eigenvalue weighted by atomic mass is 19.4. The lowest BCUT2D eigenvalue weighted by Gasteiger charge is -2.09. The van der Waals surface area contributed by atoms with E-state index >= 15 is 0 Å². The van der Waals surface area contributed by atoms with Crippen molar-refractivity contribution in [1.82, 2.24) is 9.97 Å². The molecule has 0 saturated heterocycles. The number of hydrogen-bond acceptors (Lipinski definition) is 4. The number of nitrogens with zero attached hydrogens (tertiary/aromatic N) is 2. The highest BCUT2D eigenvalue weighted by molar-refractivity contribution is 6.04. The summed E-state index contributed by atoms with van der Waals surface area (Å²) >= 11 is 0. The van der Waals surface area contributed by atoms with Crippen molar-refractivity contribution in [3.05, 3.63) is 90.0 Å². The zero-order chi connectivity index (χ0) is 20.6. The maximum absolute atomic E-state index is 12.5. The molecule has 28 heavy (non-hydrogen) atoms. The summed E-state index contributed by atoms with van der Waals surface area (Å²) in [6, 6.07) is 10.6. The van der Waals surface area contributed by atoms with Gasteiger partial charge in [0.2, 0.25) is 5.91 Å². The number of anilines is 1. The van der Waals surface area contributed by atoms with Crippen molar-refractivity contribution in [2.75, 3.05) is 5.32 Å². The molecule has 2 aromatic heterocycles. The van der Waals surface area contributed by atoms with Crippen LogP contribution in [0.15, 0.2) is 73.3 Å². The molecule has 0 aliphatic heterocycles. The number of hydrogen-bond donors (Lipinski definition) is 2. The van der Waals surface area contributed by atoms with Gasteiger partial charge in [0.1, 0.15) is 0 Å². The van der Waals surface area contributed by atoms with Gasteiger partial charge >= 0.3 is 6.18 Å². The van der Waals surface area contributed by atoms with Crippen molar-refractivity contribution in [3.8, 4) is 0 Å². The minimum atomic E-state index is -4.43. The molecule has 0 aliphatic rings. The van der Waals surface area contributed by atoms with E-state index in [4.69, 9.17) is 5.73 Å². The first-order valence-corrected chi connectivity index (χ1v) is 7.86. The fraction of sp³-hybridized carbons (Fsp3) is 0.0526. The lowest BCUT2D eigenvalue weighted by Crippen LogP contribution is -2.13. The van der Waals surface area contributed by atoms with Gasteiger partial charge in [-0.15, -0.1) is 0 Å². The summed E-state index contributed by atoms with van der Waals surface area (Å²) in [6.45, 7) is 0. The van der Waals surface area contributed by atoms with Gasteiger partial charge in [-0.3, -0.25) is 19.6 Å². The van der Waals surface area contributed by atoms with Crippen LogP contribution in [0.1, 0.15) is 26.3 Å². The lowest BCUT2D eigenvalue weighted by molar-refractivity contribution is -0.137. The van der Waals surface area contributed by atoms with Gasteiger partial charge in [-0.05, 0) is 42.5 Å². The molecule has 0 aliphatic carbocycles. The van der Waals surface area contributed by atoms with Gasteiger partial charge in [0.15, 0.2) is 0 Å². The quantitative estimate of drug-likeness (QED) is 0.717. The van der Waals surface area contributed by atoms with Crippen LogP contribution in [0.4, 0.5) is 18.9 Å². The number of aromatic nitrogens is 2. The Hall–Kier alpha value is -3.75. The Balaban J connectivity index is 0.000000261. The van der Waals surface area contributed by atoms with E-state index in [1.54, 1.807) is 12.1 Å². The average Bonchev–Trinajstić information content (AvgIpc) is 2.69. The van der Waals surface area contributed by atoms with Crippen molar-refractivity contribution in [3.63, 3.8) is 0 Å². The number of nitrogens with one attached hydrogen (secondary N) is 1. The molecule has 9 heteroatoms. The molecule has 0 spiro atoms. The van der Waals surface area contributed by atoms with Crippen molar-refractivity contribution < 1.29 is 22.8 Å². The average molecular weight is 388 g/mol. The number of carbonyl (C=O) groups excluding carboxylic acids is 2. The third-order valence-corrected chi connectivity index (χ3v) is 3.36. The molecule has 2 heterocycles. The molecule has 0 radical (unpaired) electrons. The second-order valence-electron chi connectivity index (χ2n) is 5.37. The number of carbonyl (C=O) groups is 2. The van der Waals surface area contributed by atoms with Crippen molar-refractivity contribution in [2.45, 2.75) is 6.18 Å². The molecule has 0 bridgehead atoms. The fourth-order valence-corrected chi connectivity index (χ4v) is 2.00. The van der Waals surface area contributed by atoms with Crippen LogP contribution in [0, 0.1) is 0 Å². The number of rotatable bonds is 3. The number of pyridine rings is 2. The minimum absolute atomic E-state index is 0.0941. The molecule has 3 aromatic rings. The Labute approximate surface area is 158 Å². The molecule has 0 saturated carbocycles. The largest absolute Gasteiger partial charge is 0.416 e. The first-order valence-electron chi connectivity index (χ1n) is 7.86. The standard InChI is InChI=1S/C13H9F3N2O.C6H6N2O/c14-13(15,16)10-2-1-3-11(8-10)18-12(19)9-4-6-17-7-5-9;7-6(9)5-1-3-8-4-2-5/h1-8H,(H,18,19);1-4H,(H2,7,9). The molecule has 0 atom stereocenters. The molecule has 2 amide bonds. The summed E-state index contributed by atoms with van der Waals surface area (Å²) in [5.74, 6) is -0.904. The predicted molar refractivity (Wildman–Crippen MR) is 96.4 cm³/mol. The fourth-order valence-electron chi connectivity index (χ4n) is 2.00. The summed E-state index contributed by atoms with van der Waals surface area (Å²) in [5, 5.41) is 2.40. The van der Waals surface area contributed by atoms with Crippen LogP contribution >= 0.6 is 0 Å². The van der Waals surface area contributed by atoms with Crippen molar-refractivity contribution in [1.29, 1.82) is 0 Å². The smallest absolute Gasteiger partial charge is 0.366 e. The molecule has 0 unspecified atom stereocenters. The van der Waals surface area contributed by atoms with Gasteiger partial charge in [-0.25, -0.2) is 0 Å². The van der Waals surface area contributed by atoms with Crippen LogP contribution in [0.2, 0.25) is 0 Å². The lowest BCUT2D eigenvalue weighted by atomic mass is 10.2. The van der Waals surface area contributed by atoms with Crippen LogP contribution in [0.5, 0.6) is 0 Å². The van der Waals surface area contributed by atoms with E-state index < -0.39 is 23.6 Å². The summed E-state index contributed by atoms with van der Waals surface area (Å²) in [7, 11) is 0. The molecule has 3 rings (SSSR count). The molecule has 1 aromatic carbocycles. The highest BCUT2D eigenvalue weighted by Crippen LogP contribution is 2.30. The van der Waals surface area contributed by atoms with E-state index in [2.05, 4.69) is 15.3 Å². The van der Waals surface area contributed by atoms with E-state index in [0.717, 1.165) is 12.1 Å². The highest BCUT2D eigenvalue weighted by Gasteiger charge is 2.30. The Morgan fingerprint density at radius 1 is 0.857 bits per heavy atom.